The largest absolute Gasteiger partial charge is 0.457 e. The van der Waals surface area contributed by atoms with E-state index in [0.717, 1.165) is 31.1 Å². The van der Waals surface area contributed by atoms with Gasteiger partial charge in [-0.05, 0) is 32.4 Å². The van der Waals surface area contributed by atoms with E-state index in [1.54, 1.807) is 19.1 Å². The van der Waals surface area contributed by atoms with Gasteiger partial charge in [-0.2, -0.15) is 0 Å². The molecule has 0 N–H and O–H groups in total. The second kappa shape index (κ2) is 13.1. The first kappa shape index (κ1) is 24.9. The third kappa shape index (κ3) is 12.3. The van der Waals surface area contributed by atoms with E-state index in [9.17, 15) is 19.2 Å². The molecule has 0 saturated heterocycles. The first-order valence-electron chi connectivity index (χ1n) is 8.55. The molecule has 0 aliphatic rings. The molecule has 1 atom stereocenters. The van der Waals surface area contributed by atoms with Crippen LogP contribution in [0.3, 0.4) is 0 Å². The van der Waals surface area contributed by atoms with Crippen molar-refractivity contribution in [2.24, 2.45) is 0 Å². The number of carbonyl (C=O) groups is 4. The number of rotatable bonds is 8. The molecule has 0 aromatic heterocycles. The summed E-state index contributed by atoms with van der Waals surface area (Å²) in [6, 6.07) is 0. The number of esters is 3. The Morgan fingerprint density at radius 1 is 0.893 bits per heavy atom. The Kier molecular flexibility index (Phi) is 11.6. The van der Waals surface area contributed by atoms with Crippen molar-refractivity contribution in [2.75, 3.05) is 0 Å². The summed E-state index contributed by atoms with van der Waals surface area (Å²) in [5, 5.41) is 0. The molecule has 152 valence electrons. The van der Waals surface area contributed by atoms with Gasteiger partial charge in [0.25, 0.3) is 6.29 Å². The monoisotopic (exact) mass is 390 g/mol. The van der Waals surface area contributed by atoms with Crippen molar-refractivity contribution in [1.29, 1.82) is 0 Å². The molecule has 0 aliphatic carbocycles. The summed E-state index contributed by atoms with van der Waals surface area (Å²) in [4.78, 5) is 45.3. The number of hydrogen-bond donors (Lipinski definition) is 0. The van der Waals surface area contributed by atoms with Gasteiger partial charge < -0.3 is 14.2 Å². The lowest BCUT2D eigenvalue weighted by atomic mass is 10.1. The standard InChI is InChI=1S/C21H26O7/c1-14(2)8-7-9-15(3)10-11-20(26-16(4)23)19(13-22)12-21(27-17(5)24)28-18(6)25/h8,10,12-13,20-21H,11H2,1-6H3/b15-10-,19-12-. The number of carbonyl (C=O) groups excluding carboxylic acids is 4. The summed E-state index contributed by atoms with van der Waals surface area (Å²) in [7, 11) is 0. The predicted octanol–water partition coefficient (Wildman–Crippen LogP) is 2.80. The number of allylic oxidation sites excluding steroid dienone is 3. The van der Waals surface area contributed by atoms with E-state index in [-0.39, 0.29) is 12.0 Å². The van der Waals surface area contributed by atoms with Gasteiger partial charge >= 0.3 is 17.9 Å². The zero-order valence-electron chi connectivity index (χ0n) is 17.0. The van der Waals surface area contributed by atoms with Gasteiger partial charge in [0.2, 0.25) is 0 Å². The van der Waals surface area contributed by atoms with Gasteiger partial charge in [-0.1, -0.05) is 23.5 Å². The molecule has 0 fully saturated rings. The third-order valence-electron chi connectivity index (χ3n) is 2.98. The lowest BCUT2D eigenvalue weighted by Crippen LogP contribution is -2.25. The van der Waals surface area contributed by atoms with Crippen LogP contribution in [0.25, 0.3) is 0 Å². The van der Waals surface area contributed by atoms with E-state index in [2.05, 4.69) is 11.8 Å². The smallest absolute Gasteiger partial charge is 0.305 e. The van der Waals surface area contributed by atoms with Crippen LogP contribution in [0.5, 0.6) is 0 Å². The minimum atomic E-state index is -1.41. The highest BCUT2D eigenvalue weighted by Gasteiger charge is 2.21. The van der Waals surface area contributed by atoms with Crippen molar-refractivity contribution in [3.63, 3.8) is 0 Å². The van der Waals surface area contributed by atoms with Crippen LogP contribution in [-0.2, 0) is 33.4 Å². The Morgan fingerprint density at radius 3 is 1.86 bits per heavy atom. The maximum absolute atomic E-state index is 11.5. The van der Waals surface area contributed by atoms with Crippen molar-refractivity contribution in [3.8, 4) is 11.8 Å². The lowest BCUT2D eigenvalue weighted by molar-refractivity contribution is -0.176. The van der Waals surface area contributed by atoms with Gasteiger partial charge in [-0.15, -0.1) is 0 Å². The van der Waals surface area contributed by atoms with E-state index in [1.165, 1.54) is 6.92 Å². The van der Waals surface area contributed by atoms with E-state index < -0.39 is 30.3 Å². The Labute approximate surface area is 165 Å². The Morgan fingerprint density at radius 2 is 1.43 bits per heavy atom. The fraction of sp³-hybridized carbons (Fsp3) is 0.429. The van der Waals surface area contributed by atoms with Crippen LogP contribution in [0.1, 0.15) is 48.0 Å². The fourth-order valence-corrected chi connectivity index (χ4v) is 1.88. The van der Waals surface area contributed by atoms with Gasteiger partial charge in [-0.25, -0.2) is 0 Å². The maximum atomic E-state index is 11.5. The average molecular weight is 390 g/mol. The molecule has 0 bridgehead atoms. The molecular weight excluding hydrogens is 364 g/mol. The van der Waals surface area contributed by atoms with Crippen LogP contribution in [0.4, 0.5) is 0 Å². The second-order valence-corrected chi connectivity index (χ2v) is 6.08. The van der Waals surface area contributed by atoms with Crippen molar-refractivity contribution in [3.05, 3.63) is 34.9 Å². The van der Waals surface area contributed by atoms with Crippen LogP contribution in [0, 0.1) is 11.8 Å². The van der Waals surface area contributed by atoms with E-state index in [0.29, 0.717) is 6.29 Å². The summed E-state index contributed by atoms with van der Waals surface area (Å²) >= 11 is 0. The Balaban J connectivity index is 5.65. The van der Waals surface area contributed by atoms with E-state index in [4.69, 9.17) is 14.2 Å². The molecule has 7 heteroatoms. The highest BCUT2D eigenvalue weighted by Crippen LogP contribution is 2.15. The van der Waals surface area contributed by atoms with E-state index in [1.807, 2.05) is 13.8 Å². The third-order valence-corrected chi connectivity index (χ3v) is 2.98. The van der Waals surface area contributed by atoms with E-state index >= 15 is 0 Å². The normalized spacial score (nSPS) is 12.2. The molecule has 0 saturated carbocycles. The van der Waals surface area contributed by atoms with Gasteiger partial charge in [-0.3, -0.25) is 19.2 Å². The summed E-state index contributed by atoms with van der Waals surface area (Å²) in [5.74, 6) is 3.79. The average Bonchev–Trinajstić information content (AvgIpc) is 2.54. The zero-order chi connectivity index (χ0) is 21.7. The molecule has 7 nitrogen and oxygen atoms in total. The van der Waals surface area contributed by atoms with Crippen molar-refractivity contribution < 1.29 is 33.4 Å². The zero-order valence-corrected chi connectivity index (χ0v) is 17.0. The first-order chi connectivity index (χ1) is 13.0. The Hall–Kier alpha value is -3.14. The highest BCUT2D eigenvalue weighted by atomic mass is 16.7. The van der Waals surface area contributed by atoms with Gasteiger partial charge in [0.15, 0.2) is 0 Å². The van der Waals surface area contributed by atoms with Crippen molar-refractivity contribution in [2.45, 2.75) is 60.4 Å². The van der Waals surface area contributed by atoms with Crippen molar-refractivity contribution >= 4 is 24.2 Å². The quantitative estimate of drug-likeness (QED) is 0.207. The Bertz CT molecular complexity index is 724. The van der Waals surface area contributed by atoms with Crippen LogP contribution in [-0.4, -0.2) is 36.6 Å². The molecule has 28 heavy (non-hydrogen) atoms. The summed E-state index contributed by atoms with van der Waals surface area (Å²) in [6.45, 7) is 9.09. The number of hydrogen-bond acceptors (Lipinski definition) is 7. The fourth-order valence-electron chi connectivity index (χ4n) is 1.88. The van der Waals surface area contributed by atoms with Crippen LogP contribution >= 0.6 is 0 Å². The van der Waals surface area contributed by atoms with Crippen LogP contribution in [0.15, 0.2) is 34.9 Å². The molecule has 0 heterocycles. The number of ether oxygens (including phenoxy) is 3. The van der Waals surface area contributed by atoms with Gasteiger partial charge in [0.05, 0.1) is 0 Å². The summed E-state index contributed by atoms with van der Waals surface area (Å²) < 4.78 is 14.9. The minimum absolute atomic E-state index is 0.0102. The molecular formula is C21H26O7. The molecule has 0 aliphatic heterocycles. The van der Waals surface area contributed by atoms with Crippen LogP contribution < -0.4 is 0 Å². The first-order valence-corrected chi connectivity index (χ1v) is 8.55. The molecule has 0 aromatic rings. The molecule has 1 unspecified atom stereocenters. The highest BCUT2D eigenvalue weighted by molar-refractivity contribution is 5.77. The summed E-state index contributed by atoms with van der Waals surface area (Å²) in [6.07, 6.45) is 2.85. The SMILES string of the molecule is CC(=O)OC(/C=C(/C=O)C(C/C=C(/C)C#CC=C(C)C)OC(C)=O)OC(C)=O. The minimum Gasteiger partial charge on any atom is -0.457 e. The molecule has 0 spiro atoms. The maximum Gasteiger partial charge on any atom is 0.305 e. The van der Waals surface area contributed by atoms with Gasteiger partial charge in [0, 0.05) is 38.8 Å². The molecule has 0 rings (SSSR count). The van der Waals surface area contributed by atoms with Gasteiger partial charge in [0.1, 0.15) is 12.4 Å². The topological polar surface area (TPSA) is 96.0 Å². The number of aldehydes is 1. The summed E-state index contributed by atoms with van der Waals surface area (Å²) in [5.41, 5.74) is 1.77. The molecule has 0 radical (unpaired) electrons. The molecule has 0 aromatic carbocycles. The predicted molar refractivity (Wildman–Crippen MR) is 103 cm³/mol. The van der Waals surface area contributed by atoms with Crippen molar-refractivity contribution in [1.82, 2.24) is 0 Å². The second-order valence-electron chi connectivity index (χ2n) is 6.08. The van der Waals surface area contributed by atoms with Crippen LogP contribution in [0.2, 0.25) is 0 Å². The molecule has 0 amide bonds. The lowest BCUT2D eigenvalue weighted by Gasteiger charge is -2.18.